The molecule has 84 valence electrons. The number of nitrogens with one attached hydrogen (secondary N) is 1. The lowest BCUT2D eigenvalue weighted by Gasteiger charge is -2.40. The highest BCUT2D eigenvalue weighted by molar-refractivity contribution is 5.71. The summed E-state index contributed by atoms with van der Waals surface area (Å²) >= 11 is 0. The maximum absolute atomic E-state index is 11.1. The SMILES string of the molecule is CC1C(c2ccccc2)=CC=CC1(C)N[O-]. The first-order valence-corrected chi connectivity index (χ1v) is 5.51. The quantitative estimate of drug-likeness (QED) is 0.768. The Bertz CT molecular complexity index is 422. The molecular formula is C14H16NO-. The third-order valence-corrected chi connectivity index (χ3v) is 3.41. The second kappa shape index (κ2) is 4.24. The van der Waals surface area contributed by atoms with E-state index >= 15 is 0 Å². The van der Waals surface area contributed by atoms with Crippen LogP contribution in [-0.2, 0) is 0 Å². The van der Waals surface area contributed by atoms with Crippen LogP contribution in [0.3, 0.4) is 0 Å². The van der Waals surface area contributed by atoms with Gasteiger partial charge in [0.1, 0.15) is 0 Å². The molecule has 0 radical (unpaired) electrons. The van der Waals surface area contributed by atoms with Crippen LogP contribution in [0.5, 0.6) is 0 Å². The molecule has 0 saturated carbocycles. The van der Waals surface area contributed by atoms with Gasteiger partial charge >= 0.3 is 0 Å². The van der Waals surface area contributed by atoms with Crippen LogP contribution in [0.15, 0.2) is 48.6 Å². The van der Waals surface area contributed by atoms with Crippen LogP contribution in [-0.4, -0.2) is 5.54 Å². The van der Waals surface area contributed by atoms with Crippen molar-refractivity contribution < 1.29 is 0 Å². The minimum atomic E-state index is -0.500. The molecule has 1 N–H and O–H groups in total. The molecule has 2 nitrogen and oxygen atoms in total. The minimum absolute atomic E-state index is 0.164. The summed E-state index contributed by atoms with van der Waals surface area (Å²) in [4.78, 5) is 0. The summed E-state index contributed by atoms with van der Waals surface area (Å²) < 4.78 is 0. The van der Waals surface area contributed by atoms with Gasteiger partial charge in [0.2, 0.25) is 0 Å². The number of hydroxylamine groups is 1. The highest BCUT2D eigenvalue weighted by Gasteiger charge is 2.29. The molecule has 0 amide bonds. The van der Waals surface area contributed by atoms with Crippen LogP contribution in [0.25, 0.3) is 5.57 Å². The average molecular weight is 214 g/mol. The van der Waals surface area contributed by atoms with Crippen molar-refractivity contribution in [2.24, 2.45) is 5.92 Å². The maximum Gasteiger partial charge on any atom is 0.0292 e. The first-order valence-electron chi connectivity index (χ1n) is 5.51. The van der Waals surface area contributed by atoms with Crippen molar-refractivity contribution in [1.29, 1.82) is 0 Å². The Morgan fingerprint density at radius 2 is 1.94 bits per heavy atom. The first kappa shape index (κ1) is 11.1. The molecule has 16 heavy (non-hydrogen) atoms. The van der Waals surface area contributed by atoms with Crippen molar-refractivity contribution >= 4 is 5.57 Å². The average Bonchev–Trinajstić information content (AvgIpc) is 2.34. The fraction of sp³-hybridized carbons (Fsp3) is 0.286. The normalized spacial score (nSPS) is 28.9. The number of rotatable bonds is 2. The molecule has 0 saturated heterocycles. The van der Waals surface area contributed by atoms with E-state index in [9.17, 15) is 5.21 Å². The van der Waals surface area contributed by atoms with Gasteiger partial charge in [0.15, 0.2) is 0 Å². The Morgan fingerprint density at radius 1 is 1.25 bits per heavy atom. The third-order valence-electron chi connectivity index (χ3n) is 3.41. The lowest BCUT2D eigenvalue weighted by Crippen LogP contribution is -2.44. The molecule has 0 spiro atoms. The summed E-state index contributed by atoms with van der Waals surface area (Å²) in [5, 5.41) is 11.1. The molecule has 1 aliphatic carbocycles. The Morgan fingerprint density at radius 3 is 2.56 bits per heavy atom. The van der Waals surface area contributed by atoms with E-state index in [0.717, 1.165) is 0 Å². The predicted molar refractivity (Wildman–Crippen MR) is 67.6 cm³/mol. The van der Waals surface area contributed by atoms with Gasteiger partial charge in [-0.3, -0.25) is 0 Å². The van der Waals surface area contributed by atoms with Gasteiger partial charge in [-0.2, -0.15) is 0 Å². The predicted octanol–water partition coefficient (Wildman–Crippen LogP) is 3.12. The molecule has 1 aromatic carbocycles. The Labute approximate surface area is 96.3 Å². The molecular weight excluding hydrogens is 198 g/mol. The summed E-state index contributed by atoms with van der Waals surface area (Å²) in [5.74, 6) is 0.164. The molecule has 0 fully saturated rings. The van der Waals surface area contributed by atoms with Gasteiger partial charge < -0.3 is 10.7 Å². The number of benzene rings is 1. The summed E-state index contributed by atoms with van der Waals surface area (Å²) in [6.07, 6.45) is 5.96. The third kappa shape index (κ3) is 1.82. The van der Waals surface area contributed by atoms with Crippen LogP contribution in [0, 0.1) is 11.1 Å². The zero-order valence-electron chi connectivity index (χ0n) is 9.60. The van der Waals surface area contributed by atoms with E-state index < -0.39 is 5.54 Å². The van der Waals surface area contributed by atoms with E-state index in [1.165, 1.54) is 11.1 Å². The molecule has 0 aromatic heterocycles. The Hall–Kier alpha value is -1.38. The molecule has 1 aliphatic rings. The smallest absolute Gasteiger partial charge is 0.0292 e. The standard InChI is InChI=1S/C14H16NO/c1-11-13(12-7-4-3-5-8-12)9-6-10-14(11,2)15-16/h3-11,15H,1-2H3/q-1. The lowest BCUT2D eigenvalue weighted by molar-refractivity contribution is 0.406. The van der Waals surface area contributed by atoms with E-state index in [-0.39, 0.29) is 5.92 Å². The van der Waals surface area contributed by atoms with Crippen molar-refractivity contribution in [2.75, 3.05) is 0 Å². The van der Waals surface area contributed by atoms with Crippen molar-refractivity contribution in [1.82, 2.24) is 5.48 Å². The van der Waals surface area contributed by atoms with E-state index in [1.807, 2.05) is 37.3 Å². The van der Waals surface area contributed by atoms with E-state index in [1.54, 1.807) is 0 Å². The van der Waals surface area contributed by atoms with E-state index in [0.29, 0.717) is 0 Å². The van der Waals surface area contributed by atoms with Gasteiger partial charge in [0.25, 0.3) is 0 Å². The highest BCUT2D eigenvalue weighted by atomic mass is 16.5. The first-order chi connectivity index (χ1) is 7.67. The van der Waals surface area contributed by atoms with Gasteiger partial charge in [-0.1, -0.05) is 55.5 Å². The molecule has 0 bridgehead atoms. The summed E-state index contributed by atoms with van der Waals surface area (Å²) in [6.45, 7) is 4.00. The fourth-order valence-electron chi connectivity index (χ4n) is 2.06. The Balaban J connectivity index is 2.37. The largest absolute Gasteiger partial charge is 0.787 e. The van der Waals surface area contributed by atoms with Gasteiger partial charge in [-0.05, 0) is 18.1 Å². The highest BCUT2D eigenvalue weighted by Crippen LogP contribution is 2.35. The zero-order chi connectivity index (χ0) is 11.6. The summed E-state index contributed by atoms with van der Waals surface area (Å²) in [5.41, 5.74) is 4.04. The van der Waals surface area contributed by atoms with Gasteiger partial charge in [-0.25, -0.2) is 0 Å². The number of allylic oxidation sites excluding steroid dienone is 2. The second-order valence-electron chi connectivity index (χ2n) is 4.45. The minimum Gasteiger partial charge on any atom is -0.787 e. The second-order valence-corrected chi connectivity index (χ2v) is 4.45. The summed E-state index contributed by atoms with van der Waals surface area (Å²) in [7, 11) is 0. The van der Waals surface area contributed by atoms with Crippen molar-refractivity contribution in [3.63, 3.8) is 0 Å². The lowest BCUT2D eigenvalue weighted by atomic mass is 9.76. The molecule has 2 heteroatoms. The summed E-state index contributed by atoms with van der Waals surface area (Å²) in [6, 6.07) is 10.2. The van der Waals surface area contributed by atoms with Gasteiger partial charge in [-0.15, -0.1) is 0 Å². The van der Waals surface area contributed by atoms with E-state index in [4.69, 9.17) is 0 Å². The van der Waals surface area contributed by atoms with Gasteiger partial charge in [0, 0.05) is 11.5 Å². The topological polar surface area (TPSA) is 35.1 Å². The van der Waals surface area contributed by atoms with Crippen LogP contribution >= 0.6 is 0 Å². The van der Waals surface area contributed by atoms with Crippen LogP contribution in [0.2, 0.25) is 0 Å². The number of hydrogen-bond donors (Lipinski definition) is 1. The molecule has 0 heterocycles. The van der Waals surface area contributed by atoms with Crippen LogP contribution < -0.4 is 5.48 Å². The maximum atomic E-state index is 11.1. The number of hydrogen-bond acceptors (Lipinski definition) is 2. The van der Waals surface area contributed by atoms with Crippen molar-refractivity contribution in [3.05, 3.63) is 59.3 Å². The fourth-order valence-corrected chi connectivity index (χ4v) is 2.06. The van der Waals surface area contributed by atoms with Crippen LogP contribution in [0.4, 0.5) is 0 Å². The monoisotopic (exact) mass is 214 g/mol. The van der Waals surface area contributed by atoms with Crippen molar-refractivity contribution in [2.45, 2.75) is 19.4 Å². The van der Waals surface area contributed by atoms with Crippen molar-refractivity contribution in [3.8, 4) is 0 Å². The van der Waals surface area contributed by atoms with Gasteiger partial charge in [0.05, 0.1) is 0 Å². The zero-order valence-corrected chi connectivity index (χ0v) is 9.60. The molecule has 2 rings (SSSR count). The molecule has 2 atom stereocenters. The molecule has 2 unspecified atom stereocenters. The molecule has 1 aromatic rings. The van der Waals surface area contributed by atoms with E-state index in [2.05, 4.69) is 30.6 Å². The molecule has 0 aliphatic heterocycles. The Kier molecular flexibility index (Phi) is 2.95. The van der Waals surface area contributed by atoms with Crippen LogP contribution in [0.1, 0.15) is 19.4 Å².